The topological polar surface area (TPSA) is 86.7 Å². The van der Waals surface area contributed by atoms with Gasteiger partial charge in [-0.25, -0.2) is 0 Å². The molecule has 0 radical (unpaired) electrons. The third kappa shape index (κ3) is 5.37. The van der Waals surface area contributed by atoms with Gasteiger partial charge >= 0.3 is 0 Å². The van der Waals surface area contributed by atoms with Crippen LogP contribution in [0.4, 0.5) is 0 Å². The van der Waals surface area contributed by atoms with E-state index in [4.69, 9.17) is 8.30 Å². The fourth-order valence-corrected chi connectivity index (χ4v) is 3.52. The summed E-state index contributed by atoms with van der Waals surface area (Å²) in [7, 11) is -9.16. The lowest BCUT2D eigenvalue weighted by molar-refractivity contribution is 0.152. The van der Waals surface area contributed by atoms with Crippen molar-refractivity contribution in [1.82, 2.24) is 0 Å². The van der Waals surface area contributed by atoms with Crippen LogP contribution in [-0.2, 0) is 28.6 Å². The van der Waals surface area contributed by atoms with Gasteiger partial charge < -0.3 is 0 Å². The van der Waals surface area contributed by atoms with Crippen molar-refractivity contribution in [2.75, 3.05) is 6.56 Å². The van der Waals surface area contributed by atoms with Crippen LogP contribution in [0.1, 0.15) is 22.2 Å². The van der Waals surface area contributed by atoms with Gasteiger partial charge in [0, 0.05) is 0 Å². The molecule has 8 heteroatoms. The lowest BCUT2D eigenvalue weighted by Crippen LogP contribution is -2.23. The van der Waals surface area contributed by atoms with Gasteiger partial charge in [0.15, 0.2) is 0 Å². The van der Waals surface area contributed by atoms with Gasteiger partial charge in [0.25, 0.3) is 20.2 Å². The maximum Gasteiger partial charge on any atom is 0.297 e. The number of hydrogen-bond acceptors (Lipinski definition) is 6. The predicted molar refractivity (Wildman–Crippen MR) is 93.2 cm³/mol. The van der Waals surface area contributed by atoms with Gasteiger partial charge in [-0.05, 0) is 45.0 Å². The summed E-state index contributed by atoms with van der Waals surface area (Å²) in [5.74, 6) is 0. The zero-order chi connectivity index (χ0) is 21.4. The van der Waals surface area contributed by atoms with Gasteiger partial charge in [0.2, 0.25) is 0 Å². The molecule has 0 amide bonds. The Morgan fingerprint density at radius 2 is 1.28 bits per heavy atom. The van der Waals surface area contributed by atoms with Gasteiger partial charge in [-0.15, -0.1) is 0 Å². The van der Waals surface area contributed by atoms with Crippen LogP contribution in [0.15, 0.2) is 58.3 Å². The fraction of sp³-hybridized carbons (Fsp3) is 0.294. The van der Waals surface area contributed by atoms with Gasteiger partial charge in [0.05, 0.1) is 26.5 Å². The summed E-state index contributed by atoms with van der Waals surface area (Å²) in [6, 6.07) is 10.9. The van der Waals surface area contributed by atoms with Gasteiger partial charge in [-0.2, -0.15) is 16.8 Å². The quantitative estimate of drug-likeness (QED) is 0.679. The molecular formula is C17H20O6S2. The highest BCUT2D eigenvalue weighted by atomic mass is 32.2. The molecule has 2 aromatic rings. The van der Waals surface area contributed by atoms with E-state index < -0.39 is 32.9 Å². The molecule has 0 spiro atoms. The molecular weight excluding hydrogens is 364 g/mol. The smallest absolute Gasteiger partial charge is 0.264 e. The average Bonchev–Trinajstić information content (AvgIpc) is 2.53. The van der Waals surface area contributed by atoms with Crippen LogP contribution in [0.2, 0.25) is 0 Å². The molecule has 136 valence electrons. The number of hydrogen-bond donors (Lipinski definition) is 0. The zero-order valence-corrected chi connectivity index (χ0v) is 15.5. The van der Waals surface area contributed by atoms with Crippen LogP contribution in [-0.4, -0.2) is 29.5 Å². The first-order valence-electron chi connectivity index (χ1n) is 8.71. The maximum absolute atomic E-state index is 12.4. The van der Waals surface area contributed by atoms with E-state index in [2.05, 4.69) is 4.18 Å². The number of aryl methyl sites for hydroxylation is 2. The van der Waals surface area contributed by atoms with Crippen LogP contribution in [0.3, 0.4) is 0 Å². The highest BCUT2D eigenvalue weighted by Gasteiger charge is 2.22. The Balaban J connectivity index is 2.29. The highest BCUT2D eigenvalue weighted by Crippen LogP contribution is 2.17. The van der Waals surface area contributed by atoms with Crippen LogP contribution in [0.25, 0.3) is 0 Å². The van der Waals surface area contributed by atoms with Crippen molar-refractivity contribution in [3.8, 4) is 0 Å². The summed E-state index contributed by atoms with van der Waals surface area (Å²) in [6.07, 6.45) is -2.89. The van der Waals surface area contributed by atoms with E-state index in [1.165, 1.54) is 48.5 Å². The summed E-state index contributed by atoms with van der Waals surface area (Å²) in [5, 5.41) is 0. The summed E-state index contributed by atoms with van der Waals surface area (Å²) in [6.45, 7) is 0.938. The summed E-state index contributed by atoms with van der Waals surface area (Å²) < 4.78 is 82.3. The highest BCUT2D eigenvalue weighted by molar-refractivity contribution is 7.87. The van der Waals surface area contributed by atoms with Crippen molar-refractivity contribution >= 4 is 20.2 Å². The number of benzene rings is 2. The van der Waals surface area contributed by atoms with E-state index in [0.29, 0.717) is 0 Å². The fourth-order valence-electron chi connectivity index (χ4n) is 1.80. The van der Waals surface area contributed by atoms with Crippen LogP contribution in [0.5, 0.6) is 0 Å². The Labute approximate surface area is 152 Å². The summed E-state index contributed by atoms with van der Waals surface area (Å²) in [5.41, 5.74) is 1.57. The van der Waals surface area contributed by atoms with E-state index >= 15 is 0 Å². The minimum Gasteiger partial charge on any atom is -0.264 e. The molecule has 0 aromatic heterocycles. The lowest BCUT2D eigenvalue weighted by Gasteiger charge is -2.13. The first-order valence-corrected chi connectivity index (χ1v) is 10.0. The molecule has 0 aliphatic carbocycles. The van der Waals surface area contributed by atoms with E-state index in [0.717, 1.165) is 18.1 Å². The summed E-state index contributed by atoms with van der Waals surface area (Å²) >= 11 is 0. The second-order valence-corrected chi connectivity index (χ2v) is 8.45. The molecule has 0 saturated heterocycles. The summed E-state index contributed by atoms with van der Waals surface area (Å²) in [4.78, 5) is -0.632. The number of rotatable bonds is 7. The van der Waals surface area contributed by atoms with E-state index in [-0.39, 0.29) is 9.79 Å². The molecule has 0 aliphatic rings. The first-order chi connectivity index (χ1) is 12.7. The Kier molecular flexibility index (Phi) is 4.75. The zero-order valence-electron chi connectivity index (χ0n) is 16.9. The molecule has 0 bridgehead atoms. The first kappa shape index (κ1) is 15.5. The minimum atomic E-state index is -4.61. The van der Waals surface area contributed by atoms with Crippen molar-refractivity contribution in [3.63, 3.8) is 0 Å². The van der Waals surface area contributed by atoms with Gasteiger partial charge in [-0.1, -0.05) is 35.4 Å². The SMILES string of the molecule is [2H]C([2H])(OS(=O)(=O)c1ccc(C)cc1)C([2H])(C)OS(=O)(=O)c1ccc(C)cc1. The van der Waals surface area contributed by atoms with E-state index in [1.807, 2.05) is 0 Å². The second kappa shape index (κ2) is 7.65. The van der Waals surface area contributed by atoms with Crippen molar-refractivity contribution in [1.29, 1.82) is 0 Å². The molecule has 0 N–H and O–H groups in total. The van der Waals surface area contributed by atoms with Gasteiger partial charge in [-0.3, -0.25) is 8.37 Å². The minimum absolute atomic E-state index is 0.297. The van der Waals surface area contributed by atoms with Crippen molar-refractivity contribution in [3.05, 3.63) is 59.7 Å². The Bertz CT molecular complexity index is 958. The molecule has 0 aliphatic heterocycles. The molecule has 6 nitrogen and oxygen atoms in total. The predicted octanol–water partition coefficient (Wildman–Crippen LogP) is 2.80. The van der Waals surface area contributed by atoms with E-state index in [1.54, 1.807) is 13.8 Å². The molecule has 25 heavy (non-hydrogen) atoms. The molecule has 0 fully saturated rings. The monoisotopic (exact) mass is 387 g/mol. The molecule has 0 heterocycles. The maximum atomic E-state index is 12.4. The Hall–Kier alpha value is -1.74. The third-order valence-electron chi connectivity index (χ3n) is 3.15. The largest absolute Gasteiger partial charge is 0.297 e. The Morgan fingerprint density at radius 1 is 0.880 bits per heavy atom. The van der Waals surface area contributed by atoms with Crippen LogP contribution in [0, 0.1) is 13.8 Å². The average molecular weight is 387 g/mol. The lowest BCUT2D eigenvalue weighted by atomic mass is 10.2. The van der Waals surface area contributed by atoms with Crippen molar-refractivity contribution in [2.45, 2.75) is 36.6 Å². The normalized spacial score (nSPS) is 17.2. The van der Waals surface area contributed by atoms with Crippen molar-refractivity contribution in [2.24, 2.45) is 0 Å². The standard InChI is InChI=1S/C17H20O6S2/c1-13-4-8-16(9-5-13)24(18,19)22-12-15(3)23-25(20,21)17-10-6-14(2)7-11-17/h4-11,15H,12H2,1-3H3/i12D2,15D. The molecule has 2 aromatic carbocycles. The van der Waals surface area contributed by atoms with E-state index in [9.17, 15) is 16.8 Å². The third-order valence-corrected chi connectivity index (χ3v) is 5.62. The van der Waals surface area contributed by atoms with Crippen molar-refractivity contribution < 1.29 is 29.3 Å². The van der Waals surface area contributed by atoms with Crippen LogP contribution >= 0.6 is 0 Å². The molecule has 0 saturated carbocycles. The Morgan fingerprint density at radius 3 is 1.72 bits per heavy atom. The van der Waals surface area contributed by atoms with Gasteiger partial charge in [0.1, 0.15) is 0 Å². The molecule has 1 unspecified atom stereocenters. The molecule has 2 rings (SSSR count). The second-order valence-electron chi connectivity index (χ2n) is 5.36. The molecule has 1 atom stereocenters. The van der Waals surface area contributed by atoms with Crippen LogP contribution < -0.4 is 0 Å².